The van der Waals surface area contributed by atoms with Crippen LogP contribution in [0.4, 0.5) is 4.39 Å². The van der Waals surface area contributed by atoms with Crippen molar-refractivity contribution in [1.29, 1.82) is 0 Å². The molecule has 0 saturated carbocycles. The van der Waals surface area contributed by atoms with Crippen LogP contribution in [0.2, 0.25) is 0 Å². The van der Waals surface area contributed by atoms with Gasteiger partial charge in [0.15, 0.2) is 12.3 Å². The van der Waals surface area contributed by atoms with Crippen molar-refractivity contribution < 1.29 is 18.7 Å². The van der Waals surface area contributed by atoms with E-state index in [1.54, 1.807) is 37.0 Å². The van der Waals surface area contributed by atoms with Crippen molar-refractivity contribution in [2.75, 3.05) is 20.7 Å². The number of aromatic nitrogens is 3. The number of amides is 1. The van der Waals surface area contributed by atoms with E-state index in [1.165, 1.54) is 23.2 Å². The van der Waals surface area contributed by atoms with Gasteiger partial charge in [-0.1, -0.05) is 42.5 Å². The highest BCUT2D eigenvalue weighted by Gasteiger charge is 2.20. The van der Waals surface area contributed by atoms with E-state index in [-0.39, 0.29) is 30.4 Å². The van der Waals surface area contributed by atoms with Gasteiger partial charge in [-0.3, -0.25) is 4.79 Å². The number of hydrogen-bond donors (Lipinski definition) is 0. The number of nitrogens with zero attached hydrogens (tertiary/aromatic N) is 4. The molecule has 162 valence electrons. The molecule has 0 bridgehead atoms. The second-order valence-corrected chi connectivity index (χ2v) is 7.45. The maximum atomic E-state index is 13.6. The number of esters is 1. The number of carbonyl (C=O) groups is 2. The molecule has 4 aromatic rings. The molecule has 0 spiro atoms. The molecule has 7 nitrogen and oxygen atoms in total. The van der Waals surface area contributed by atoms with Crippen LogP contribution in [0.15, 0.2) is 66.9 Å². The zero-order valence-electron chi connectivity index (χ0n) is 17.7. The SMILES string of the molecule is CN(C)C(=O)COC(=O)c1cc(-c2ccccc2)nc2c1cnn2Cc1cccc(F)c1. The average molecular weight is 432 g/mol. The van der Waals surface area contributed by atoms with E-state index in [1.807, 2.05) is 30.3 Å². The second-order valence-electron chi connectivity index (χ2n) is 7.45. The molecule has 0 aliphatic heterocycles. The van der Waals surface area contributed by atoms with E-state index in [2.05, 4.69) is 5.10 Å². The van der Waals surface area contributed by atoms with Crippen molar-refractivity contribution >= 4 is 22.9 Å². The maximum absolute atomic E-state index is 13.6. The normalized spacial score (nSPS) is 10.8. The molecular weight excluding hydrogens is 411 g/mol. The lowest BCUT2D eigenvalue weighted by Gasteiger charge is -2.12. The van der Waals surface area contributed by atoms with E-state index in [9.17, 15) is 14.0 Å². The molecule has 2 heterocycles. The smallest absolute Gasteiger partial charge is 0.339 e. The Hall–Kier alpha value is -4.07. The quantitative estimate of drug-likeness (QED) is 0.436. The summed E-state index contributed by atoms with van der Waals surface area (Å²) < 4.78 is 20.5. The number of rotatable bonds is 6. The predicted octanol–water partition coefficient (Wildman–Crippen LogP) is 3.53. The lowest BCUT2D eigenvalue weighted by Crippen LogP contribution is -2.27. The Morgan fingerprint density at radius 1 is 1.06 bits per heavy atom. The first-order valence-corrected chi connectivity index (χ1v) is 9.96. The fourth-order valence-electron chi connectivity index (χ4n) is 3.23. The van der Waals surface area contributed by atoms with Crippen LogP contribution < -0.4 is 0 Å². The highest BCUT2D eigenvalue weighted by Crippen LogP contribution is 2.26. The fourth-order valence-corrected chi connectivity index (χ4v) is 3.23. The molecule has 32 heavy (non-hydrogen) atoms. The minimum atomic E-state index is -0.643. The van der Waals surface area contributed by atoms with Gasteiger partial charge in [-0.05, 0) is 23.8 Å². The molecule has 0 unspecified atom stereocenters. The van der Waals surface area contributed by atoms with Crippen LogP contribution >= 0.6 is 0 Å². The van der Waals surface area contributed by atoms with Crippen LogP contribution in [0.1, 0.15) is 15.9 Å². The third-order valence-electron chi connectivity index (χ3n) is 4.95. The highest BCUT2D eigenvalue weighted by atomic mass is 19.1. The molecule has 8 heteroatoms. The zero-order valence-corrected chi connectivity index (χ0v) is 17.7. The van der Waals surface area contributed by atoms with Gasteiger partial charge in [-0.15, -0.1) is 0 Å². The molecule has 0 saturated heterocycles. The van der Waals surface area contributed by atoms with E-state index in [0.717, 1.165) is 5.56 Å². The maximum Gasteiger partial charge on any atom is 0.339 e. The van der Waals surface area contributed by atoms with Gasteiger partial charge >= 0.3 is 5.97 Å². The molecule has 0 aliphatic carbocycles. The topological polar surface area (TPSA) is 77.3 Å². The number of ether oxygens (including phenoxy) is 1. The van der Waals surface area contributed by atoms with Gasteiger partial charge in [0.2, 0.25) is 0 Å². The Morgan fingerprint density at radius 2 is 1.84 bits per heavy atom. The third kappa shape index (κ3) is 4.49. The summed E-state index contributed by atoms with van der Waals surface area (Å²) in [4.78, 5) is 30.8. The van der Waals surface area contributed by atoms with E-state index in [0.29, 0.717) is 22.3 Å². The molecule has 2 aromatic heterocycles. The largest absolute Gasteiger partial charge is 0.452 e. The molecule has 0 N–H and O–H groups in total. The van der Waals surface area contributed by atoms with Crippen molar-refractivity contribution in [3.8, 4) is 11.3 Å². The first-order valence-electron chi connectivity index (χ1n) is 9.96. The van der Waals surface area contributed by atoms with Crippen molar-refractivity contribution in [3.05, 3.63) is 83.8 Å². The number of halogens is 1. The summed E-state index contributed by atoms with van der Waals surface area (Å²) in [6.07, 6.45) is 1.53. The van der Waals surface area contributed by atoms with Gasteiger partial charge in [0.25, 0.3) is 5.91 Å². The Bertz CT molecular complexity index is 1290. The standard InChI is InChI=1S/C24H21FN4O3/c1-28(2)22(30)15-32-24(31)19-12-21(17-8-4-3-5-9-17)27-23-20(19)13-26-29(23)14-16-7-6-10-18(25)11-16/h3-13H,14-15H2,1-2H3. The number of likely N-dealkylation sites (N-methyl/N-ethyl adjacent to an activating group) is 1. The minimum absolute atomic E-state index is 0.255. The van der Waals surface area contributed by atoms with E-state index < -0.39 is 5.97 Å². The number of fused-ring (bicyclic) bond motifs is 1. The summed E-state index contributed by atoms with van der Waals surface area (Å²) in [5.41, 5.74) is 2.80. The van der Waals surface area contributed by atoms with Crippen LogP contribution in [0.25, 0.3) is 22.3 Å². The van der Waals surface area contributed by atoms with Gasteiger partial charge in [0.05, 0.1) is 29.4 Å². The molecule has 0 atom stereocenters. The average Bonchev–Trinajstić information content (AvgIpc) is 3.19. The van der Waals surface area contributed by atoms with Crippen molar-refractivity contribution in [3.63, 3.8) is 0 Å². The molecule has 2 aromatic carbocycles. The zero-order chi connectivity index (χ0) is 22.7. The van der Waals surface area contributed by atoms with E-state index >= 15 is 0 Å². The molecule has 4 rings (SSSR count). The van der Waals surface area contributed by atoms with Gasteiger partial charge in [0, 0.05) is 19.7 Å². The minimum Gasteiger partial charge on any atom is -0.452 e. The van der Waals surface area contributed by atoms with Crippen LogP contribution in [-0.4, -0.2) is 52.2 Å². The first-order chi connectivity index (χ1) is 15.4. The van der Waals surface area contributed by atoms with E-state index in [4.69, 9.17) is 9.72 Å². The number of pyridine rings is 1. The monoisotopic (exact) mass is 432 g/mol. The summed E-state index contributed by atoms with van der Waals surface area (Å²) >= 11 is 0. The molecule has 0 radical (unpaired) electrons. The van der Waals surface area contributed by atoms with Crippen LogP contribution in [0.3, 0.4) is 0 Å². The highest BCUT2D eigenvalue weighted by molar-refractivity contribution is 6.04. The molecule has 1 amide bonds. The second kappa shape index (κ2) is 8.97. The van der Waals surface area contributed by atoms with Crippen molar-refractivity contribution in [2.24, 2.45) is 0 Å². The molecule has 0 aliphatic rings. The molecule has 0 fully saturated rings. The summed E-state index contributed by atoms with van der Waals surface area (Å²) in [5.74, 6) is -1.31. The number of carbonyl (C=O) groups excluding carboxylic acids is 2. The summed E-state index contributed by atoms with van der Waals surface area (Å²) in [6, 6.07) is 17.3. The van der Waals surface area contributed by atoms with Gasteiger partial charge in [0.1, 0.15) is 5.82 Å². The summed E-state index contributed by atoms with van der Waals surface area (Å²) in [7, 11) is 3.18. The van der Waals surface area contributed by atoms with Gasteiger partial charge < -0.3 is 9.64 Å². The van der Waals surface area contributed by atoms with Crippen molar-refractivity contribution in [2.45, 2.75) is 6.54 Å². The molecular formula is C24H21FN4O3. The lowest BCUT2D eigenvalue weighted by atomic mass is 10.1. The number of benzene rings is 2. The Balaban J connectivity index is 1.77. The van der Waals surface area contributed by atoms with Crippen LogP contribution in [-0.2, 0) is 16.1 Å². The van der Waals surface area contributed by atoms with Crippen molar-refractivity contribution in [1.82, 2.24) is 19.7 Å². The fraction of sp³-hybridized carbons (Fsp3) is 0.167. The Kier molecular flexibility index (Phi) is 5.93. The van der Waals surface area contributed by atoms with Gasteiger partial charge in [-0.2, -0.15) is 5.10 Å². The third-order valence-corrected chi connectivity index (χ3v) is 4.95. The number of hydrogen-bond acceptors (Lipinski definition) is 5. The Morgan fingerprint density at radius 3 is 2.56 bits per heavy atom. The van der Waals surface area contributed by atoms with Gasteiger partial charge in [-0.25, -0.2) is 18.9 Å². The van der Waals surface area contributed by atoms with Crippen LogP contribution in [0.5, 0.6) is 0 Å². The Labute approximate surface area is 184 Å². The summed E-state index contributed by atoms with van der Waals surface area (Å²) in [6.45, 7) is -0.0894. The predicted molar refractivity (Wildman–Crippen MR) is 117 cm³/mol. The van der Waals surface area contributed by atoms with Crippen LogP contribution in [0, 0.1) is 5.82 Å². The lowest BCUT2D eigenvalue weighted by molar-refractivity contribution is -0.131. The summed E-state index contributed by atoms with van der Waals surface area (Å²) in [5, 5.41) is 4.86. The first kappa shape index (κ1) is 21.2.